The SMILES string of the molecule is Cc1cnc2c(C(=O)NS(=O)(=O)c3ccccc3Cl)c(Cl)ccc2c1. The maximum atomic E-state index is 12.6. The summed E-state index contributed by atoms with van der Waals surface area (Å²) in [5.74, 6) is -0.869. The maximum Gasteiger partial charge on any atom is 0.268 e. The van der Waals surface area contributed by atoms with E-state index >= 15 is 0 Å². The van der Waals surface area contributed by atoms with Crippen LogP contribution in [0.2, 0.25) is 10.0 Å². The first-order valence-electron chi connectivity index (χ1n) is 7.16. The first-order chi connectivity index (χ1) is 11.8. The van der Waals surface area contributed by atoms with E-state index in [1.807, 2.05) is 17.7 Å². The van der Waals surface area contributed by atoms with Gasteiger partial charge in [0.2, 0.25) is 0 Å². The number of aryl methyl sites for hydroxylation is 1. The van der Waals surface area contributed by atoms with Crippen LogP contribution in [0.1, 0.15) is 15.9 Å². The number of pyridine rings is 1. The molecule has 1 heterocycles. The van der Waals surface area contributed by atoms with Gasteiger partial charge in [-0.2, -0.15) is 0 Å². The van der Waals surface area contributed by atoms with E-state index in [2.05, 4.69) is 4.98 Å². The van der Waals surface area contributed by atoms with Crippen LogP contribution < -0.4 is 4.72 Å². The molecule has 8 heteroatoms. The van der Waals surface area contributed by atoms with Crippen molar-refractivity contribution in [3.8, 4) is 0 Å². The van der Waals surface area contributed by atoms with Gasteiger partial charge in [-0.05, 0) is 36.8 Å². The summed E-state index contributed by atoms with van der Waals surface area (Å²) in [6, 6.07) is 10.9. The number of carbonyl (C=O) groups is 1. The van der Waals surface area contributed by atoms with Gasteiger partial charge in [0.25, 0.3) is 15.9 Å². The Bertz CT molecular complexity index is 1100. The lowest BCUT2D eigenvalue weighted by atomic mass is 10.1. The van der Waals surface area contributed by atoms with Crippen molar-refractivity contribution in [2.24, 2.45) is 0 Å². The predicted molar refractivity (Wildman–Crippen MR) is 97.6 cm³/mol. The molecule has 0 aliphatic heterocycles. The van der Waals surface area contributed by atoms with E-state index in [0.29, 0.717) is 10.9 Å². The number of amides is 1. The van der Waals surface area contributed by atoms with Crippen molar-refractivity contribution >= 4 is 50.0 Å². The Morgan fingerprint density at radius 2 is 1.80 bits per heavy atom. The third-order valence-corrected chi connectivity index (χ3v) is 5.66. The van der Waals surface area contributed by atoms with Gasteiger partial charge in [-0.25, -0.2) is 13.1 Å². The number of sulfonamides is 1. The summed E-state index contributed by atoms with van der Waals surface area (Å²) >= 11 is 12.0. The summed E-state index contributed by atoms with van der Waals surface area (Å²) in [6.45, 7) is 1.86. The summed E-state index contributed by atoms with van der Waals surface area (Å²) in [6.07, 6.45) is 1.58. The van der Waals surface area contributed by atoms with Crippen LogP contribution in [-0.4, -0.2) is 19.3 Å². The van der Waals surface area contributed by atoms with Gasteiger partial charge in [0.1, 0.15) is 4.90 Å². The van der Waals surface area contributed by atoms with E-state index in [9.17, 15) is 13.2 Å². The molecule has 1 aromatic heterocycles. The molecule has 0 fully saturated rings. The summed E-state index contributed by atoms with van der Waals surface area (Å²) in [5.41, 5.74) is 1.23. The smallest absolute Gasteiger partial charge is 0.268 e. The minimum absolute atomic E-state index is 0.00482. The predicted octanol–water partition coefficient (Wildman–Crippen LogP) is 3.97. The van der Waals surface area contributed by atoms with E-state index in [0.717, 1.165) is 5.56 Å². The van der Waals surface area contributed by atoms with Crippen LogP contribution in [0.3, 0.4) is 0 Å². The van der Waals surface area contributed by atoms with Gasteiger partial charge in [-0.3, -0.25) is 9.78 Å². The van der Waals surface area contributed by atoms with E-state index in [-0.39, 0.29) is 20.5 Å². The number of benzene rings is 2. The fraction of sp³-hybridized carbons (Fsp3) is 0.0588. The average molecular weight is 395 g/mol. The molecule has 1 amide bonds. The van der Waals surface area contributed by atoms with E-state index < -0.39 is 15.9 Å². The topological polar surface area (TPSA) is 76.1 Å². The number of aromatic nitrogens is 1. The minimum Gasteiger partial charge on any atom is -0.268 e. The van der Waals surface area contributed by atoms with Crippen molar-refractivity contribution in [3.63, 3.8) is 0 Å². The molecular formula is C17H12Cl2N2O3S. The van der Waals surface area contributed by atoms with Crippen molar-refractivity contribution in [1.82, 2.24) is 9.71 Å². The zero-order valence-corrected chi connectivity index (χ0v) is 15.3. The Labute approximate surface area is 154 Å². The Morgan fingerprint density at radius 1 is 1.08 bits per heavy atom. The Hall–Kier alpha value is -2.15. The van der Waals surface area contributed by atoms with Gasteiger partial charge >= 0.3 is 0 Å². The van der Waals surface area contributed by atoms with Crippen LogP contribution >= 0.6 is 23.2 Å². The first kappa shape index (κ1) is 17.7. The highest BCUT2D eigenvalue weighted by Crippen LogP contribution is 2.26. The van der Waals surface area contributed by atoms with E-state index in [4.69, 9.17) is 23.2 Å². The molecule has 0 bridgehead atoms. The number of halogens is 2. The summed E-state index contributed by atoms with van der Waals surface area (Å²) in [4.78, 5) is 16.6. The zero-order valence-electron chi connectivity index (χ0n) is 13.0. The maximum absolute atomic E-state index is 12.6. The largest absolute Gasteiger partial charge is 0.268 e. The lowest BCUT2D eigenvalue weighted by Gasteiger charge is -2.11. The molecule has 5 nitrogen and oxygen atoms in total. The molecule has 0 saturated heterocycles. The van der Waals surface area contributed by atoms with Gasteiger partial charge in [0.15, 0.2) is 0 Å². The van der Waals surface area contributed by atoms with Crippen molar-refractivity contribution in [3.05, 3.63) is 69.8 Å². The van der Waals surface area contributed by atoms with Crippen LogP contribution in [-0.2, 0) is 10.0 Å². The molecule has 25 heavy (non-hydrogen) atoms. The molecule has 0 aliphatic rings. The molecule has 0 unspecified atom stereocenters. The molecule has 1 N–H and O–H groups in total. The number of hydrogen-bond acceptors (Lipinski definition) is 4. The Morgan fingerprint density at radius 3 is 2.52 bits per heavy atom. The summed E-state index contributed by atoms with van der Waals surface area (Å²) in [7, 11) is -4.15. The second-order valence-corrected chi connectivity index (χ2v) is 7.84. The van der Waals surface area contributed by atoms with Gasteiger partial charge in [-0.1, -0.05) is 41.4 Å². The van der Waals surface area contributed by atoms with Gasteiger partial charge in [-0.15, -0.1) is 0 Å². The number of nitrogens with zero attached hydrogens (tertiary/aromatic N) is 1. The molecule has 0 spiro atoms. The summed E-state index contributed by atoms with van der Waals surface area (Å²) in [5, 5.41) is 0.806. The molecular weight excluding hydrogens is 383 g/mol. The van der Waals surface area contributed by atoms with Crippen LogP contribution in [0.25, 0.3) is 10.9 Å². The van der Waals surface area contributed by atoms with Crippen molar-refractivity contribution < 1.29 is 13.2 Å². The van der Waals surface area contributed by atoms with Crippen LogP contribution in [0, 0.1) is 6.92 Å². The lowest BCUT2D eigenvalue weighted by molar-refractivity contribution is 0.0983. The van der Waals surface area contributed by atoms with Crippen molar-refractivity contribution in [2.75, 3.05) is 0 Å². The van der Waals surface area contributed by atoms with Gasteiger partial charge in [0.05, 0.1) is 21.1 Å². The number of fused-ring (bicyclic) bond motifs is 1. The Balaban J connectivity index is 2.06. The molecule has 0 radical (unpaired) electrons. The Kier molecular flexibility index (Phi) is 4.69. The zero-order chi connectivity index (χ0) is 18.2. The highest BCUT2D eigenvalue weighted by molar-refractivity contribution is 7.90. The summed E-state index contributed by atoms with van der Waals surface area (Å²) < 4.78 is 26.9. The average Bonchev–Trinajstić information content (AvgIpc) is 2.54. The lowest BCUT2D eigenvalue weighted by Crippen LogP contribution is -2.31. The number of nitrogens with one attached hydrogen (secondary N) is 1. The molecule has 0 saturated carbocycles. The number of rotatable bonds is 3. The first-order valence-corrected chi connectivity index (χ1v) is 9.40. The third kappa shape index (κ3) is 3.46. The second-order valence-electron chi connectivity index (χ2n) is 5.37. The van der Waals surface area contributed by atoms with Crippen LogP contribution in [0.5, 0.6) is 0 Å². The van der Waals surface area contributed by atoms with Crippen LogP contribution in [0.15, 0.2) is 53.6 Å². The number of hydrogen-bond donors (Lipinski definition) is 1. The molecule has 128 valence electrons. The molecule has 0 aliphatic carbocycles. The fourth-order valence-corrected chi connectivity index (χ4v) is 4.11. The molecule has 3 aromatic rings. The second kappa shape index (κ2) is 6.63. The van der Waals surface area contributed by atoms with Crippen molar-refractivity contribution in [1.29, 1.82) is 0 Å². The van der Waals surface area contributed by atoms with Gasteiger partial charge in [0, 0.05) is 11.6 Å². The molecule has 3 rings (SSSR count). The quantitative estimate of drug-likeness (QED) is 0.728. The van der Waals surface area contributed by atoms with Crippen LogP contribution in [0.4, 0.5) is 0 Å². The van der Waals surface area contributed by atoms with Crippen molar-refractivity contribution in [2.45, 2.75) is 11.8 Å². The van der Waals surface area contributed by atoms with E-state index in [1.165, 1.54) is 24.3 Å². The molecule has 2 aromatic carbocycles. The van der Waals surface area contributed by atoms with Gasteiger partial charge < -0.3 is 0 Å². The monoisotopic (exact) mass is 394 g/mol. The molecule has 0 atom stereocenters. The highest BCUT2D eigenvalue weighted by atomic mass is 35.5. The van der Waals surface area contributed by atoms with E-state index in [1.54, 1.807) is 18.3 Å². The normalized spacial score (nSPS) is 11.5. The highest BCUT2D eigenvalue weighted by Gasteiger charge is 2.24. The third-order valence-electron chi connectivity index (χ3n) is 3.52. The standard InChI is InChI=1S/C17H12Cl2N2O3S/c1-10-8-11-6-7-13(19)15(16(11)20-9-10)17(22)21-25(23,24)14-5-3-2-4-12(14)18/h2-9H,1H3,(H,21,22). The fourth-order valence-electron chi connectivity index (χ4n) is 2.39. The minimum atomic E-state index is -4.15. The number of carbonyl (C=O) groups excluding carboxylic acids is 1.